The minimum Gasteiger partial charge on any atom is -0.418 e. The molecule has 0 amide bonds. The summed E-state index contributed by atoms with van der Waals surface area (Å²) in [5.74, 6) is 0. The lowest BCUT2D eigenvalue weighted by Gasteiger charge is -2.02. The number of hydrogen-bond acceptors (Lipinski definition) is 4. The van der Waals surface area contributed by atoms with E-state index >= 15 is 0 Å². The maximum atomic E-state index is 5.30. The van der Waals surface area contributed by atoms with Crippen molar-refractivity contribution in [1.29, 1.82) is 0 Å². The molecule has 4 nitrogen and oxygen atoms in total. The van der Waals surface area contributed by atoms with Gasteiger partial charge in [-0.05, 0) is 25.5 Å². The second kappa shape index (κ2) is 4.05. The Morgan fingerprint density at radius 2 is 2.50 bits per heavy atom. The molecule has 12 heavy (non-hydrogen) atoms. The van der Waals surface area contributed by atoms with Gasteiger partial charge in [-0.15, -0.1) is 0 Å². The first-order chi connectivity index (χ1) is 5.95. The zero-order valence-electron chi connectivity index (χ0n) is 7.11. The van der Waals surface area contributed by atoms with Gasteiger partial charge >= 0.3 is 7.05 Å². The van der Waals surface area contributed by atoms with Gasteiger partial charge in [-0.3, -0.25) is 0 Å². The first-order valence-corrected chi connectivity index (χ1v) is 4.58. The third-order valence-corrected chi connectivity index (χ3v) is 2.14. The van der Waals surface area contributed by atoms with E-state index < -0.39 is 0 Å². The smallest absolute Gasteiger partial charge is 0.418 e. The summed E-state index contributed by atoms with van der Waals surface area (Å²) in [6.45, 7) is 0.829. The van der Waals surface area contributed by atoms with Crippen LogP contribution in [0.15, 0.2) is 10.1 Å². The molecule has 0 aliphatic carbocycles. The molecule has 0 bridgehead atoms. The molecule has 64 valence electrons. The normalized spacial score (nSPS) is 30.0. The topological polar surface area (TPSA) is 43.2 Å². The average Bonchev–Trinajstić information content (AvgIpc) is 2.74. The third-order valence-electron chi connectivity index (χ3n) is 2.14. The van der Waals surface area contributed by atoms with E-state index in [1.165, 1.54) is 0 Å². The van der Waals surface area contributed by atoms with Crippen LogP contribution in [0.3, 0.4) is 0 Å². The van der Waals surface area contributed by atoms with Crippen LogP contribution >= 0.6 is 0 Å². The Morgan fingerprint density at radius 3 is 3.17 bits per heavy atom. The van der Waals surface area contributed by atoms with Crippen molar-refractivity contribution in [3.63, 3.8) is 0 Å². The molecule has 0 spiro atoms. The fraction of sp³-hybridized carbons (Fsp3) is 1.00. The Bertz CT molecular complexity index is 149. The summed E-state index contributed by atoms with van der Waals surface area (Å²) in [6.07, 6.45) is 4.24. The van der Waals surface area contributed by atoms with E-state index in [9.17, 15) is 0 Å². The van der Waals surface area contributed by atoms with Gasteiger partial charge in [0.1, 0.15) is 0 Å². The van der Waals surface area contributed by atoms with Gasteiger partial charge in [0.15, 0.2) is 6.23 Å². The van der Waals surface area contributed by atoms with E-state index in [0.717, 1.165) is 39.6 Å². The molecular weight excluding hydrogens is 154 g/mol. The van der Waals surface area contributed by atoms with Gasteiger partial charge in [0.25, 0.3) is 7.48 Å². The van der Waals surface area contributed by atoms with Gasteiger partial charge in [0.2, 0.25) is 0 Å². The summed E-state index contributed by atoms with van der Waals surface area (Å²) in [5.41, 5.74) is 0. The van der Waals surface area contributed by atoms with Crippen LogP contribution in [0.5, 0.6) is 0 Å². The first-order valence-electron chi connectivity index (χ1n) is 4.58. The molecule has 6 heteroatoms. The highest BCUT2D eigenvalue weighted by Gasteiger charge is 2.23. The van der Waals surface area contributed by atoms with E-state index in [2.05, 4.69) is 10.1 Å². The number of nitrogens with zero attached hydrogens (tertiary/aromatic N) is 2. The van der Waals surface area contributed by atoms with Gasteiger partial charge in [-0.25, -0.2) is 5.03 Å². The molecule has 0 saturated carbocycles. The Hall–Kier alpha value is -0.350. The Morgan fingerprint density at radius 1 is 1.50 bits per heavy atom. The van der Waals surface area contributed by atoms with E-state index in [4.69, 9.17) is 9.31 Å². The van der Waals surface area contributed by atoms with E-state index in [0.29, 0.717) is 0 Å². The quantitative estimate of drug-likeness (QED) is 0.450. The van der Waals surface area contributed by atoms with E-state index in [1.54, 1.807) is 0 Å². The average molecular weight is 166 g/mol. The molecular formula is C6H12B2N2O2. The lowest BCUT2D eigenvalue weighted by Crippen LogP contribution is -2.08. The second-order valence-corrected chi connectivity index (χ2v) is 3.17. The minimum atomic E-state index is 0.00852. The highest BCUT2D eigenvalue weighted by molar-refractivity contribution is 6.50. The highest BCUT2D eigenvalue weighted by Crippen LogP contribution is 2.15. The van der Waals surface area contributed by atoms with Crippen LogP contribution < -0.4 is 0 Å². The van der Waals surface area contributed by atoms with Crippen LogP contribution in [-0.2, 0) is 9.31 Å². The molecule has 2 aliphatic heterocycles. The summed E-state index contributed by atoms with van der Waals surface area (Å²) in [4.78, 5) is 0. The van der Waals surface area contributed by atoms with Crippen molar-refractivity contribution in [1.82, 2.24) is 0 Å². The van der Waals surface area contributed by atoms with Crippen molar-refractivity contribution in [2.24, 2.45) is 10.1 Å². The van der Waals surface area contributed by atoms with Gasteiger partial charge in [0, 0.05) is 6.61 Å². The van der Waals surface area contributed by atoms with Crippen molar-refractivity contribution < 1.29 is 9.31 Å². The van der Waals surface area contributed by atoms with Crippen LogP contribution in [0.2, 0.25) is 12.6 Å². The van der Waals surface area contributed by atoms with Crippen LogP contribution in [0.4, 0.5) is 0 Å². The fourth-order valence-electron chi connectivity index (χ4n) is 1.45. The van der Waals surface area contributed by atoms with Gasteiger partial charge in [-0.2, -0.15) is 5.11 Å². The molecule has 0 N–H and O–H groups in total. The summed E-state index contributed by atoms with van der Waals surface area (Å²) in [6, 6.07) is 0. The molecule has 2 saturated heterocycles. The van der Waals surface area contributed by atoms with Crippen LogP contribution in [-0.4, -0.2) is 27.4 Å². The predicted octanol–water partition coefficient (Wildman–Crippen LogP) is 0.863. The molecule has 2 aliphatic rings. The molecule has 1 unspecified atom stereocenters. The summed E-state index contributed by atoms with van der Waals surface area (Å²) in [5, 5.41) is 8.17. The molecule has 0 aromatic rings. The second-order valence-electron chi connectivity index (χ2n) is 3.17. The van der Waals surface area contributed by atoms with Crippen LogP contribution in [0, 0.1) is 0 Å². The SMILES string of the molecule is B1CCC(N=NB2CCCO2)O1. The van der Waals surface area contributed by atoms with E-state index in [1.807, 2.05) is 0 Å². The minimum absolute atomic E-state index is 0.00852. The van der Waals surface area contributed by atoms with Crippen LogP contribution in [0.25, 0.3) is 0 Å². The van der Waals surface area contributed by atoms with Gasteiger partial charge in [0.05, 0.1) is 0 Å². The molecule has 2 fully saturated rings. The first kappa shape index (κ1) is 8.26. The molecule has 1 atom stereocenters. The zero-order valence-corrected chi connectivity index (χ0v) is 7.11. The van der Waals surface area contributed by atoms with Crippen molar-refractivity contribution in [3.8, 4) is 0 Å². The highest BCUT2D eigenvalue weighted by atomic mass is 16.5. The van der Waals surface area contributed by atoms with Crippen molar-refractivity contribution >= 4 is 14.5 Å². The maximum absolute atomic E-state index is 5.30. The lowest BCUT2D eigenvalue weighted by molar-refractivity contribution is 0.242. The van der Waals surface area contributed by atoms with Crippen molar-refractivity contribution in [2.75, 3.05) is 6.61 Å². The Balaban J connectivity index is 1.75. The third kappa shape index (κ3) is 2.08. The predicted molar refractivity (Wildman–Crippen MR) is 47.4 cm³/mol. The van der Waals surface area contributed by atoms with Crippen molar-refractivity contribution in [2.45, 2.75) is 31.7 Å². The standard InChI is InChI=1S/C6H12B2N2O2/c1-4-8(11-5-1)10-9-6-2-3-7-12-6/h6-7H,1-5H2. The molecule has 0 aromatic carbocycles. The fourth-order valence-corrected chi connectivity index (χ4v) is 1.45. The Kier molecular flexibility index (Phi) is 2.79. The van der Waals surface area contributed by atoms with E-state index in [-0.39, 0.29) is 13.3 Å². The molecule has 2 heterocycles. The summed E-state index contributed by atoms with van der Waals surface area (Å²) in [7, 11) is 0.837. The zero-order chi connectivity index (χ0) is 8.23. The lowest BCUT2D eigenvalue weighted by atomic mass is 9.82. The van der Waals surface area contributed by atoms with Crippen molar-refractivity contribution in [3.05, 3.63) is 0 Å². The monoisotopic (exact) mass is 166 g/mol. The summed E-state index contributed by atoms with van der Waals surface area (Å²) < 4.78 is 10.6. The molecule has 2 rings (SSSR count). The largest absolute Gasteiger partial charge is 0.456 e. The Labute approximate surface area is 73.1 Å². The number of hydrogen-bond donors (Lipinski definition) is 0. The maximum Gasteiger partial charge on any atom is 0.456 e. The molecule has 0 aromatic heterocycles. The van der Waals surface area contributed by atoms with Gasteiger partial charge in [-0.1, -0.05) is 0 Å². The summed E-state index contributed by atoms with van der Waals surface area (Å²) >= 11 is 0. The number of rotatable bonds is 2. The van der Waals surface area contributed by atoms with Crippen LogP contribution in [0.1, 0.15) is 12.8 Å². The molecule has 0 radical (unpaired) electrons. The van der Waals surface area contributed by atoms with Gasteiger partial charge < -0.3 is 9.31 Å².